The number of carbonyl (C=O) groups is 3. The molecule has 4 N–H and O–H groups in total. The van der Waals surface area contributed by atoms with E-state index in [1.807, 2.05) is 30.3 Å². The molecule has 1 aliphatic rings. The maximum absolute atomic E-state index is 12.4. The molecule has 0 saturated carbocycles. The molecular formula is C19H20N4O3. The van der Waals surface area contributed by atoms with Crippen molar-refractivity contribution in [3.8, 4) is 0 Å². The van der Waals surface area contributed by atoms with E-state index in [0.29, 0.717) is 17.7 Å². The van der Waals surface area contributed by atoms with Gasteiger partial charge in [0.25, 0.3) is 5.91 Å². The summed E-state index contributed by atoms with van der Waals surface area (Å²) in [5, 5.41) is 5.21. The Morgan fingerprint density at radius 2 is 1.73 bits per heavy atom. The third kappa shape index (κ3) is 4.00. The van der Waals surface area contributed by atoms with Crippen LogP contribution in [0.5, 0.6) is 0 Å². The molecule has 7 heteroatoms. The average Bonchev–Trinajstić information content (AvgIpc) is 3.06. The summed E-state index contributed by atoms with van der Waals surface area (Å²) in [4.78, 5) is 37.0. The van der Waals surface area contributed by atoms with Gasteiger partial charge in [0, 0.05) is 24.3 Å². The van der Waals surface area contributed by atoms with E-state index in [1.165, 1.54) is 0 Å². The van der Waals surface area contributed by atoms with Crippen molar-refractivity contribution < 1.29 is 14.4 Å². The molecule has 2 aromatic rings. The summed E-state index contributed by atoms with van der Waals surface area (Å²) < 4.78 is 0. The quantitative estimate of drug-likeness (QED) is 0.767. The van der Waals surface area contributed by atoms with E-state index in [4.69, 9.17) is 5.73 Å². The monoisotopic (exact) mass is 352 g/mol. The Morgan fingerprint density at radius 1 is 1.04 bits per heavy atom. The van der Waals surface area contributed by atoms with Gasteiger partial charge in [0.2, 0.25) is 5.91 Å². The molecule has 0 radical (unpaired) electrons. The van der Waals surface area contributed by atoms with Crippen molar-refractivity contribution in [3.63, 3.8) is 0 Å². The summed E-state index contributed by atoms with van der Waals surface area (Å²) in [6.07, 6.45) is 1.44. The number of imide groups is 1. The first kappa shape index (κ1) is 17.5. The van der Waals surface area contributed by atoms with E-state index in [9.17, 15) is 14.4 Å². The van der Waals surface area contributed by atoms with Crippen LogP contribution in [0.2, 0.25) is 0 Å². The lowest BCUT2D eigenvalue weighted by Gasteiger charge is -2.20. The van der Waals surface area contributed by atoms with Gasteiger partial charge in [-0.15, -0.1) is 0 Å². The van der Waals surface area contributed by atoms with Crippen LogP contribution in [0, 0.1) is 0 Å². The van der Waals surface area contributed by atoms with E-state index < -0.39 is 18.0 Å². The van der Waals surface area contributed by atoms with Crippen molar-refractivity contribution in [1.82, 2.24) is 5.32 Å². The maximum Gasteiger partial charge on any atom is 0.318 e. The number of hydrogen-bond acceptors (Lipinski definition) is 4. The van der Waals surface area contributed by atoms with Gasteiger partial charge in [0.05, 0.1) is 0 Å². The maximum atomic E-state index is 12.4. The molecule has 0 bridgehead atoms. The Bertz CT molecular complexity index is 805. The summed E-state index contributed by atoms with van der Waals surface area (Å²) in [7, 11) is 0. The molecule has 3 rings (SSSR count). The number of nitrogens with one attached hydrogen (secondary N) is 2. The lowest BCUT2D eigenvalue weighted by molar-refractivity contribution is -0.121. The first-order chi connectivity index (χ1) is 12.5. The number of urea groups is 1. The molecule has 26 heavy (non-hydrogen) atoms. The Kier molecular flexibility index (Phi) is 5.17. The second-order valence-corrected chi connectivity index (χ2v) is 6.04. The Labute approximate surface area is 151 Å². The highest BCUT2D eigenvalue weighted by molar-refractivity contribution is 5.98. The highest BCUT2D eigenvalue weighted by atomic mass is 16.2. The summed E-state index contributed by atoms with van der Waals surface area (Å²) in [5.74, 6) is -0.420. The Balaban J connectivity index is 1.79. The van der Waals surface area contributed by atoms with Crippen LogP contribution in [-0.4, -0.2) is 24.4 Å². The Hall–Kier alpha value is -3.35. The van der Waals surface area contributed by atoms with Crippen LogP contribution in [0.3, 0.4) is 0 Å². The zero-order valence-corrected chi connectivity index (χ0v) is 14.1. The standard InChI is InChI=1S/C19H20N4O3/c20-19(26)22-18(25)17(13-5-2-1-3-6-13)21-14-8-10-15(11-9-14)23-12-4-7-16(23)24/h1-3,5-6,8-11,17,21H,4,7,12H2,(H3,20,22,25,26)/t17-/m0/s1. The van der Waals surface area contributed by atoms with Crippen LogP contribution < -0.4 is 21.3 Å². The van der Waals surface area contributed by atoms with Gasteiger partial charge in [0.1, 0.15) is 6.04 Å². The fourth-order valence-corrected chi connectivity index (χ4v) is 2.96. The molecule has 0 aromatic heterocycles. The molecule has 2 aromatic carbocycles. The van der Waals surface area contributed by atoms with Gasteiger partial charge in [-0.25, -0.2) is 4.79 Å². The first-order valence-corrected chi connectivity index (χ1v) is 8.37. The second-order valence-electron chi connectivity index (χ2n) is 6.04. The van der Waals surface area contributed by atoms with Crippen LogP contribution in [0.25, 0.3) is 0 Å². The number of nitrogens with two attached hydrogens (primary N) is 1. The fourth-order valence-electron chi connectivity index (χ4n) is 2.96. The zero-order chi connectivity index (χ0) is 18.5. The van der Waals surface area contributed by atoms with Crippen LogP contribution >= 0.6 is 0 Å². The van der Waals surface area contributed by atoms with E-state index in [0.717, 1.165) is 18.7 Å². The van der Waals surface area contributed by atoms with Gasteiger partial charge in [-0.05, 0) is 36.2 Å². The van der Waals surface area contributed by atoms with Gasteiger partial charge >= 0.3 is 6.03 Å². The molecule has 0 spiro atoms. The van der Waals surface area contributed by atoms with Gasteiger partial charge in [-0.3, -0.25) is 14.9 Å². The van der Waals surface area contributed by atoms with E-state index in [1.54, 1.807) is 29.2 Å². The third-order valence-corrected chi connectivity index (χ3v) is 4.20. The topological polar surface area (TPSA) is 105 Å². The van der Waals surface area contributed by atoms with Crippen LogP contribution in [0.4, 0.5) is 16.2 Å². The number of hydrogen-bond donors (Lipinski definition) is 3. The summed E-state index contributed by atoms with van der Waals surface area (Å²) in [6.45, 7) is 0.721. The van der Waals surface area contributed by atoms with Crippen LogP contribution in [0.1, 0.15) is 24.4 Å². The number of rotatable bonds is 5. The van der Waals surface area contributed by atoms with Crippen molar-refractivity contribution in [1.29, 1.82) is 0 Å². The largest absolute Gasteiger partial charge is 0.370 e. The minimum Gasteiger partial charge on any atom is -0.370 e. The molecule has 7 nitrogen and oxygen atoms in total. The predicted molar refractivity (Wildman–Crippen MR) is 98.6 cm³/mol. The molecule has 1 heterocycles. The van der Waals surface area contributed by atoms with Gasteiger partial charge in [0.15, 0.2) is 0 Å². The number of amides is 4. The normalized spacial score (nSPS) is 14.8. The average molecular weight is 352 g/mol. The molecular weight excluding hydrogens is 332 g/mol. The molecule has 1 saturated heterocycles. The minimum absolute atomic E-state index is 0.119. The highest BCUT2D eigenvalue weighted by Gasteiger charge is 2.23. The smallest absolute Gasteiger partial charge is 0.318 e. The Morgan fingerprint density at radius 3 is 2.31 bits per heavy atom. The van der Waals surface area contributed by atoms with E-state index in [2.05, 4.69) is 10.6 Å². The lowest BCUT2D eigenvalue weighted by Crippen LogP contribution is -2.40. The van der Waals surface area contributed by atoms with Crippen molar-refractivity contribution in [2.45, 2.75) is 18.9 Å². The van der Waals surface area contributed by atoms with Crippen molar-refractivity contribution in [2.24, 2.45) is 5.73 Å². The first-order valence-electron chi connectivity index (χ1n) is 8.37. The highest BCUT2D eigenvalue weighted by Crippen LogP contribution is 2.25. The lowest BCUT2D eigenvalue weighted by atomic mass is 10.1. The summed E-state index contributed by atoms with van der Waals surface area (Å²) in [5.41, 5.74) is 7.29. The second kappa shape index (κ2) is 7.69. The number of nitrogens with zero attached hydrogens (tertiary/aromatic N) is 1. The zero-order valence-electron chi connectivity index (χ0n) is 14.1. The van der Waals surface area contributed by atoms with Crippen LogP contribution in [-0.2, 0) is 9.59 Å². The molecule has 0 aliphatic carbocycles. The fraction of sp³-hybridized carbons (Fsp3) is 0.211. The SMILES string of the molecule is NC(=O)NC(=O)[C@@H](Nc1ccc(N2CCCC2=O)cc1)c1ccccc1. The number of benzene rings is 2. The summed E-state index contributed by atoms with van der Waals surface area (Å²) in [6, 6.07) is 14.6. The number of primary amides is 1. The minimum atomic E-state index is -0.902. The number of anilines is 2. The van der Waals surface area contributed by atoms with E-state index >= 15 is 0 Å². The van der Waals surface area contributed by atoms with Crippen molar-refractivity contribution in [3.05, 3.63) is 60.2 Å². The summed E-state index contributed by atoms with van der Waals surface area (Å²) >= 11 is 0. The van der Waals surface area contributed by atoms with Crippen molar-refractivity contribution >= 4 is 29.2 Å². The van der Waals surface area contributed by atoms with Crippen molar-refractivity contribution in [2.75, 3.05) is 16.8 Å². The molecule has 0 unspecified atom stereocenters. The van der Waals surface area contributed by atoms with Gasteiger partial charge in [-0.2, -0.15) is 0 Å². The van der Waals surface area contributed by atoms with E-state index in [-0.39, 0.29) is 5.91 Å². The molecule has 1 aliphatic heterocycles. The van der Waals surface area contributed by atoms with Crippen LogP contribution in [0.15, 0.2) is 54.6 Å². The molecule has 4 amide bonds. The van der Waals surface area contributed by atoms with Gasteiger partial charge in [-0.1, -0.05) is 30.3 Å². The molecule has 1 fully saturated rings. The number of carbonyl (C=O) groups excluding carboxylic acids is 3. The molecule has 1 atom stereocenters. The third-order valence-electron chi connectivity index (χ3n) is 4.20. The predicted octanol–water partition coefficient (Wildman–Crippen LogP) is 2.16. The van der Waals surface area contributed by atoms with Gasteiger partial charge < -0.3 is 16.0 Å². The molecule has 134 valence electrons.